The van der Waals surface area contributed by atoms with E-state index in [1.54, 1.807) is 0 Å². The van der Waals surface area contributed by atoms with Gasteiger partial charge < -0.3 is 10.0 Å². The van der Waals surface area contributed by atoms with Crippen molar-refractivity contribution in [1.82, 2.24) is 4.90 Å². The first kappa shape index (κ1) is 15.2. The van der Waals surface area contributed by atoms with Crippen LogP contribution in [0.25, 0.3) is 0 Å². The maximum atomic E-state index is 11.2. The minimum absolute atomic E-state index is 0.0422. The third kappa shape index (κ3) is 3.13. The summed E-state index contributed by atoms with van der Waals surface area (Å²) in [4.78, 5) is 26.0. The minimum Gasteiger partial charge on any atom is -0.478 e. The fourth-order valence-electron chi connectivity index (χ4n) is 2.67. The van der Waals surface area contributed by atoms with Crippen molar-refractivity contribution >= 4 is 17.3 Å². The topological polar surface area (TPSA) is 86.9 Å². The van der Waals surface area contributed by atoms with Crippen molar-refractivity contribution < 1.29 is 14.8 Å². The zero-order valence-electron chi connectivity index (χ0n) is 12.2. The van der Waals surface area contributed by atoms with E-state index in [0.29, 0.717) is 24.8 Å². The van der Waals surface area contributed by atoms with Gasteiger partial charge in [-0.15, -0.1) is 0 Å². The quantitative estimate of drug-likeness (QED) is 0.673. The van der Waals surface area contributed by atoms with Crippen molar-refractivity contribution in [3.63, 3.8) is 0 Å². The summed E-state index contributed by atoms with van der Waals surface area (Å²) in [6, 6.07) is 4.26. The van der Waals surface area contributed by atoms with Gasteiger partial charge >= 0.3 is 5.97 Å². The molecule has 1 atom stereocenters. The highest BCUT2D eigenvalue weighted by molar-refractivity contribution is 5.90. The number of anilines is 1. The maximum Gasteiger partial charge on any atom is 0.335 e. The lowest BCUT2D eigenvalue weighted by molar-refractivity contribution is -0.384. The van der Waals surface area contributed by atoms with Gasteiger partial charge in [0.25, 0.3) is 5.69 Å². The van der Waals surface area contributed by atoms with E-state index in [4.69, 9.17) is 5.11 Å². The molecule has 1 unspecified atom stereocenters. The number of nitro benzene ring substituents is 1. The third-order valence-corrected chi connectivity index (χ3v) is 4.01. The standard InChI is InChI=1S/C14H19N3O4/c1-3-11-9-16(7-6-15(11)2)13-8-10(14(18)19)4-5-12(13)17(20)21/h4-5,8,11H,3,6-7,9H2,1-2H3,(H,18,19). The highest BCUT2D eigenvalue weighted by atomic mass is 16.6. The lowest BCUT2D eigenvalue weighted by Gasteiger charge is -2.40. The van der Waals surface area contributed by atoms with E-state index in [1.807, 2.05) is 11.9 Å². The van der Waals surface area contributed by atoms with Gasteiger partial charge in [-0.05, 0) is 25.6 Å². The predicted octanol–water partition coefficient (Wildman–Crippen LogP) is 1.82. The zero-order chi connectivity index (χ0) is 15.6. The SMILES string of the molecule is CCC1CN(c2cc(C(=O)O)ccc2[N+](=O)[O-])CCN1C. The number of hydrogen-bond acceptors (Lipinski definition) is 5. The number of piperazine rings is 1. The number of aromatic carboxylic acids is 1. The molecule has 0 bridgehead atoms. The number of carboxylic acids is 1. The number of rotatable bonds is 4. The fourth-order valence-corrected chi connectivity index (χ4v) is 2.67. The lowest BCUT2D eigenvalue weighted by atomic mass is 10.1. The van der Waals surface area contributed by atoms with E-state index in [2.05, 4.69) is 11.8 Å². The molecular weight excluding hydrogens is 274 g/mol. The number of likely N-dealkylation sites (N-methyl/N-ethyl adjacent to an activating group) is 1. The number of nitrogens with zero attached hydrogens (tertiary/aromatic N) is 3. The van der Waals surface area contributed by atoms with Crippen LogP contribution in [0.1, 0.15) is 23.7 Å². The van der Waals surface area contributed by atoms with Crippen LogP contribution >= 0.6 is 0 Å². The largest absolute Gasteiger partial charge is 0.478 e. The second-order valence-electron chi connectivity index (χ2n) is 5.25. The van der Waals surface area contributed by atoms with Gasteiger partial charge in [0.1, 0.15) is 5.69 Å². The van der Waals surface area contributed by atoms with Gasteiger partial charge in [0.05, 0.1) is 10.5 Å². The second kappa shape index (κ2) is 6.09. The molecule has 2 rings (SSSR count). The van der Waals surface area contributed by atoms with Crippen molar-refractivity contribution in [3.05, 3.63) is 33.9 Å². The van der Waals surface area contributed by atoms with Gasteiger partial charge in [0.15, 0.2) is 0 Å². The Morgan fingerprint density at radius 1 is 1.48 bits per heavy atom. The molecule has 114 valence electrons. The monoisotopic (exact) mass is 293 g/mol. The second-order valence-corrected chi connectivity index (χ2v) is 5.25. The Hall–Kier alpha value is -2.15. The molecular formula is C14H19N3O4. The summed E-state index contributed by atoms with van der Waals surface area (Å²) in [5.41, 5.74) is 0.424. The summed E-state index contributed by atoms with van der Waals surface area (Å²) in [6.45, 7) is 4.19. The van der Waals surface area contributed by atoms with Crippen molar-refractivity contribution in [2.45, 2.75) is 19.4 Å². The number of carboxylic acid groups (broad SMARTS) is 1. The normalized spacial score (nSPS) is 19.5. The van der Waals surface area contributed by atoms with Gasteiger partial charge in [0, 0.05) is 31.7 Å². The van der Waals surface area contributed by atoms with Crippen LogP contribution in [0.5, 0.6) is 0 Å². The molecule has 0 aliphatic carbocycles. The van der Waals surface area contributed by atoms with Crippen LogP contribution in [0, 0.1) is 10.1 Å². The Labute approximate surface area is 122 Å². The van der Waals surface area contributed by atoms with Crippen molar-refractivity contribution in [3.8, 4) is 0 Å². The first-order valence-electron chi connectivity index (χ1n) is 6.91. The zero-order valence-corrected chi connectivity index (χ0v) is 12.2. The first-order chi connectivity index (χ1) is 9.93. The van der Waals surface area contributed by atoms with Gasteiger partial charge in [0.2, 0.25) is 0 Å². The van der Waals surface area contributed by atoms with Crippen LogP contribution in [0.3, 0.4) is 0 Å². The molecule has 1 N–H and O–H groups in total. The Morgan fingerprint density at radius 3 is 2.76 bits per heavy atom. The third-order valence-electron chi connectivity index (χ3n) is 4.01. The Kier molecular flexibility index (Phi) is 4.42. The molecule has 0 radical (unpaired) electrons. The van der Waals surface area contributed by atoms with E-state index < -0.39 is 10.9 Å². The van der Waals surface area contributed by atoms with Crippen LogP contribution < -0.4 is 4.90 Å². The van der Waals surface area contributed by atoms with E-state index >= 15 is 0 Å². The van der Waals surface area contributed by atoms with Gasteiger partial charge in [-0.1, -0.05) is 6.92 Å². The number of benzene rings is 1. The smallest absolute Gasteiger partial charge is 0.335 e. The maximum absolute atomic E-state index is 11.2. The van der Waals surface area contributed by atoms with Crippen molar-refractivity contribution in [1.29, 1.82) is 0 Å². The molecule has 7 nitrogen and oxygen atoms in total. The highest BCUT2D eigenvalue weighted by Gasteiger charge is 2.28. The molecule has 0 amide bonds. The lowest BCUT2D eigenvalue weighted by Crippen LogP contribution is -2.51. The summed E-state index contributed by atoms with van der Waals surface area (Å²) < 4.78 is 0. The average molecular weight is 293 g/mol. The van der Waals surface area contributed by atoms with Crippen LogP contribution in [0.2, 0.25) is 0 Å². The first-order valence-corrected chi connectivity index (χ1v) is 6.91. The predicted molar refractivity (Wildman–Crippen MR) is 79.0 cm³/mol. The van der Waals surface area contributed by atoms with E-state index in [0.717, 1.165) is 13.0 Å². The molecule has 21 heavy (non-hydrogen) atoms. The van der Waals surface area contributed by atoms with E-state index in [9.17, 15) is 14.9 Å². The van der Waals surface area contributed by atoms with Crippen LogP contribution in [0.4, 0.5) is 11.4 Å². The fraction of sp³-hybridized carbons (Fsp3) is 0.500. The Balaban J connectivity index is 2.38. The highest BCUT2D eigenvalue weighted by Crippen LogP contribution is 2.31. The molecule has 1 aliphatic heterocycles. The van der Waals surface area contributed by atoms with Crippen molar-refractivity contribution in [2.75, 3.05) is 31.6 Å². The van der Waals surface area contributed by atoms with E-state index in [1.165, 1.54) is 18.2 Å². The van der Waals surface area contributed by atoms with Crippen LogP contribution in [-0.4, -0.2) is 53.6 Å². The molecule has 1 saturated heterocycles. The number of carbonyl (C=O) groups is 1. The molecule has 1 aromatic rings. The summed E-state index contributed by atoms with van der Waals surface area (Å²) in [5, 5.41) is 20.3. The van der Waals surface area contributed by atoms with Crippen LogP contribution in [-0.2, 0) is 0 Å². The van der Waals surface area contributed by atoms with Crippen LogP contribution in [0.15, 0.2) is 18.2 Å². The molecule has 0 saturated carbocycles. The average Bonchev–Trinajstić information content (AvgIpc) is 2.47. The van der Waals surface area contributed by atoms with Gasteiger partial charge in [-0.3, -0.25) is 15.0 Å². The molecule has 7 heteroatoms. The molecule has 1 heterocycles. The Morgan fingerprint density at radius 2 is 2.19 bits per heavy atom. The summed E-state index contributed by atoms with van der Waals surface area (Å²) in [6.07, 6.45) is 0.944. The Bertz CT molecular complexity index is 561. The summed E-state index contributed by atoms with van der Waals surface area (Å²) >= 11 is 0. The van der Waals surface area contributed by atoms with Crippen molar-refractivity contribution in [2.24, 2.45) is 0 Å². The summed E-state index contributed by atoms with van der Waals surface area (Å²) in [5.74, 6) is -1.08. The molecule has 1 aliphatic rings. The molecule has 1 aromatic carbocycles. The number of nitro groups is 1. The molecule has 0 spiro atoms. The van der Waals surface area contributed by atoms with Gasteiger partial charge in [-0.25, -0.2) is 4.79 Å². The molecule has 1 fully saturated rings. The van der Waals surface area contributed by atoms with Gasteiger partial charge in [-0.2, -0.15) is 0 Å². The van der Waals surface area contributed by atoms with E-state index in [-0.39, 0.29) is 11.3 Å². The summed E-state index contributed by atoms with van der Waals surface area (Å²) in [7, 11) is 2.04. The minimum atomic E-state index is -1.08. The molecule has 0 aromatic heterocycles. The number of hydrogen-bond donors (Lipinski definition) is 1.